The van der Waals surface area contributed by atoms with Gasteiger partial charge in [0.2, 0.25) is 12.2 Å². The van der Waals surface area contributed by atoms with Gasteiger partial charge in [-0.3, -0.25) is 4.79 Å². The van der Waals surface area contributed by atoms with Gasteiger partial charge in [-0.25, -0.2) is 14.4 Å². The summed E-state index contributed by atoms with van der Waals surface area (Å²) in [6, 6.07) is 13.3. The van der Waals surface area contributed by atoms with Gasteiger partial charge in [-0.2, -0.15) is 0 Å². The molecule has 1 aliphatic heterocycles. The van der Waals surface area contributed by atoms with Gasteiger partial charge in [0.25, 0.3) is 0 Å². The predicted molar refractivity (Wildman–Crippen MR) is 179 cm³/mol. The summed E-state index contributed by atoms with van der Waals surface area (Å²) in [5.74, 6) is -9.96. The minimum atomic E-state index is -1.83. The predicted octanol–water partition coefficient (Wildman–Crippen LogP) is 3.42. The summed E-state index contributed by atoms with van der Waals surface area (Å²) in [5, 5.41) is 79.8. The molecule has 16 heteroatoms. The minimum Gasteiger partial charge on any atom is -0.504 e. The fourth-order valence-corrected chi connectivity index (χ4v) is 5.61. The first-order chi connectivity index (χ1) is 25.2. The molecule has 1 heterocycles. The van der Waals surface area contributed by atoms with Crippen LogP contribution in [0.25, 0.3) is 6.08 Å². The zero-order valence-electron chi connectivity index (χ0n) is 27.6. The molecular formula is C37H32O16. The monoisotopic (exact) mass is 732 g/mol. The number of phenols is 7. The number of esters is 3. The van der Waals surface area contributed by atoms with Crippen LogP contribution in [-0.2, 0) is 46.2 Å². The second-order valence-electron chi connectivity index (χ2n) is 11.8. The normalized spacial score (nSPS) is 15.9. The van der Waals surface area contributed by atoms with Crippen LogP contribution in [0.3, 0.4) is 0 Å². The summed E-state index contributed by atoms with van der Waals surface area (Å²) in [4.78, 5) is 51.7. The molecular weight excluding hydrogens is 700 g/mol. The molecule has 8 N–H and O–H groups in total. The maximum Gasteiger partial charge on any atom is 0.347 e. The summed E-state index contributed by atoms with van der Waals surface area (Å²) in [6.45, 7) is 0. The Morgan fingerprint density at radius 1 is 0.698 bits per heavy atom. The van der Waals surface area contributed by atoms with Crippen molar-refractivity contribution in [1.29, 1.82) is 0 Å². The molecule has 0 saturated carbocycles. The fourth-order valence-electron chi connectivity index (χ4n) is 5.61. The third kappa shape index (κ3) is 8.28. The zero-order chi connectivity index (χ0) is 38.6. The van der Waals surface area contributed by atoms with Crippen molar-refractivity contribution in [2.45, 2.75) is 37.1 Å². The number of carboxylic acid groups (broad SMARTS) is 1. The minimum absolute atomic E-state index is 0.0629. The van der Waals surface area contributed by atoms with E-state index in [1.54, 1.807) is 0 Å². The number of carbonyl (C=O) groups excluding carboxylic acids is 3. The van der Waals surface area contributed by atoms with Crippen molar-refractivity contribution in [2.24, 2.45) is 0 Å². The highest BCUT2D eigenvalue weighted by molar-refractivity contribution is 5.92. The smallest absolute Gasteiger partial charge is 0.347 e. The number of carboxylic acids is 1. The van der Waals surface area contributed by atoms with Crippen molar-refractivity contribution in [1.82, 2.24) is 0 Å². The maximum absolute atomic E-state index is 14.0. The Kier molecular flexibility index (Phi) is 10.8. The molecule has 0 aliphatic carbocycles. The van der Waals surface area contributed by atoms with Crippen LogP contribution in [0.1, 0.15) is 39.8 Å². The first-order valence-corrected chi connectivity index (χ1v) is 15.6. The van der Waals surface area contributed by atoms with E-state index in [1.165, 1.54) is 48.5 Å². The number of benzene rings is 4. The van der Waals surface area contributed by atoms with E-state index in [1.807, 2.05) is 0 Å². The van der Waals surface area contributed by atoms with Gasteiger partial charge in [-0.15, -0.1) is 0 Å². The Balaban J connectivity index is 1.48. The topological polar surface area (TPSA) is 267 Å². The third-order valence-electron chi connectivity index (χ3n) is 8.23. The summed E-state index contributed by atoms with van der Waals surface area (Å²) < 4.78 is 21.5. The Hall–Kier alpha value is -7.10. The number of phenolic OH excluding ortho intramolecular Hbond substituents is 7. The van der Waals surface area contributed by atoms with E-state index in [2.05, 4.69) is 0 Å². The SMILES string of the molecule is COC(=O)[C@@H](Cc1ccc(O)c(O)c1)OC(=O)/C=C\c1ccc(O)c2c1[C@@H](C(=O)O[C@H](Cc1ccc(O)c(O)c1)C(=O)O)[C@H](c1ccc(O)c(O)c1)O2. The number of aliphatic carboxylic acids is 1. The van der Waals surface area contributed by atoms with Crippen LogP contribution < -0.4 is 4.74 Å². The molecule has 1 aliphatic rings. The molecule has 0 amide bonds. The number of rotatable bonds is 12. The van der Waals surface area contributed by atoms with Crippen molar-refractivity contribution < 1.29 is 79.0 Å². The van der Waals surface area contributed by atoms with Crippen molar-refractivity contribution in [3.8, 4) is 46.0 Å². The number of methoxy groups -OCH3 is 1. The first kappa shape index (κ1) is 37.2. The number of aromatic hydroxyl groups is 7. The van der Waals surface area contributed by atoms with Crippen molar-refractivity contribution in [3.63, 3.8) is 0 Å². The Morgan fingerprint density at radius 3 is 1.79 bits per heavy atom. The van der Waals surface area contributed by atoms with Crippen LogP contribution in [0.15, 0.2) is 72.8 Å². The average molecular weight is 733 g/mol. The zero-order valence-corrected chi connectivity index (χ0v) is 27.6. The van der Waals surface area contributed by atoms with Gasteiger partial charge in [-0.05, 0) is 70.8 Å². The Labute approximate surface area is 299 Å². The molecule has 5 rings (SSSR count). The van der Waals surface area contributed by atoms with Crippen molar-refractivity contribution in [2.75, 3.05) is 7.11 Å². The van der Waals surface area contributed by atoms with Gasteiger partial charge in [-0.1, -0.05) is 24.3 Å². The van der Waals surface area contributed by atoms with Crippen LogP contribution in [0, 0.1) is 0 Å². The lowest BCUT2D eigenvalue weighted by Gasteiger charge is -2.22. The van der Waals surface area contributed by atoms with E-state index in [4.69, 9.17) is 18.9 Å². The second kappa shape index (κ2) is 15.4. The molecule has 16 nitrogen and oxygen atoms in total. The number of ether oxygens (including phenoxy) is 4. The van der Waals surface area contributed by atoms with E-state index in [0.29, 0.717) is 5.56 Å². The van der Waals surface area contributed by atoms with E-state index in [9.17, 15) is 60.0 Å². The lowest BCUT2D eigenvalue weighted by molar-refractivity contribution is -0.166. The van der Waals surface area contributed by atoms with Gasteiger partial charge in [0.15, 0.2) is 46.0 Å². The maximum atomic E-state index is 14.0. The number of hydrogen-bond acceptors (Lipinski definition) is 15. The number of hydrogen-bond donors (Lipinski definition) is 8. The molecule has 0 bridgehead atoms. The summed E-state index contributed by atoms with van der Waals surface area (Å²) in [7, 11) is 1.07. The van der Waals surface area contributed by atoms with Crippen LogP contribution in [0.4, 0.5) is 0 Å². The van der Waals surface area contributed by atoms with Crippen LogP contribution in [0.5, 0.6) is 46.0 Å². The van der Waals surface area contributed by atoms with E-state index >= 15 is 0 Å². The second-order valence-corrected chi connectivity index (χ2v) is 11.8. The van der Waals surface area contributed by atoms with Crippen LogP contribution >= 0.6 is 0 Å². The quantitative estimate of drug-likeness (QED) is 0.0449. The molecule has 4 aromatic rings. The average Bonchev–Trinajstić information content (AvgIpc) is 3.53. The summed E-state index contributed by atoms with van der Waals surface area (Å²) in [6.07, 6.45) is -3.31. The van der Waals surface area contributed by atoms with E-state index in [-0.39, 0.29) is 34.4 Å². The Morgan fingerprint density at radius 2 is 1.25 bits per heavy atom. The summed E-state index contributed by atoms with van der Waals surface area (Å²) in [5.41, 5.74) is 0.623. The highest BCUT2D eigenvalue weighted by Gasteiger charge is 2.46. The van der Waals surface area contributed by atoms with Gasteiger partial charge in [0.05, 0.1) is 7.11 Å². The van der Waals surface area contributed by atoms with E-state index in [0.717, 1.165) is 37.5 Å². The van der Waals surface area contributed by atoms with Crippen LogP contribution in [-0.4, -0.2) is 84.0 Å². The van der Waals surface area contributed by atoms with E-state index < -0.39 is 94.8 Å². The summed E-state index contributed by atoms with van der Waals surface area (Å²) >= 11 is 0. The third-order valence-corrected chi connectivity index (χ3v) is 8.23. The molecule has 0 spiro atoms. The van der Waals surface area contributed by atoms with Gasteiger partial charge >= 0.3 is 23.9 Å². The van der Waals surface area contributed by atoms with Crippen molar-refractivity contribution in [3.05, 3.63) is 101 Å². The highest BCUT2D eigenvalue weighted by atomic mass is 16.6. The molecule has 0 fully saturated rings. The molecule has 4 aromatic carbocycles. The van der Waals surface area contributed by atoms with Crippen LogP contribution in [0.2, 0.25) is 0 Å². The van der Waals surface area contributed by atoms with Gasteiger partial charge in [0.1, 0.15) is 12.0 Å². The van der Waals surface area contributed by atoms with Gasteiger partial charge in [0, 0.05) is 24.5 Å². The highest BCUT2D eigenvalue weighted by Crippen LogP contribution is 2.53. The molecule has 0 radical (unpaired) electrons. The van der Waals surface area contributed by atoms with Crippen molar-refractivity contribution >= 4 is 30.0 Å². The molecule has 53 heavy (non-hydrogen) atoms. The first-order valence-electron chi connectivity index (χ1n) is 15.6. The Bertz CT molecular complexity index is 2100. The lowest BCUT2D eigenvalue weighted by atomic mass is 9.87. The fraction of sp³-hybridized carbons (Fsp3) is 0.189. The number of carbonyl (C=O) groups is 4. The van der Waals surface area contributed by atoms with Gasteiger partial charge < -0.3 is 59.8 Å². The molecule has 4 atom stereocenters. The number of fused-ring (bicyclic) bond motifs is 1. The molecule has 0 saturated heterocycles. The molecule has 0 unspecified atom stereocenters. The largest absolute Gasteiger partial charge is 0.504 e. The molecule has 276 valence electrons. The standard InChI is InChI=1S/C37H32O16/c1-50-36(48)29(15-18-3-8-22(39)26(43)13-18)51-30(45)11-6-19-4-10-24(41)34-31(19)32(33(53-34)20-5-9-23(40)27(44)16-20)37(49)52-28(35(46)47)14-17-2-7-21(38)25(42)12-17/h2-13,16,28-29,32-33,38-44H,14-15H2,1H3,(H,46,47)/b11-6-/t28-,29-,32-,33+/m1/s1. The lowest BCUT2D eigenvalue weighted by Crippen LogP contribution is -2.33. The molecule has 0 aromatic heterocycles.